The molecule has 2 rings (SSSR count). The molecule has 0 aliphatic heterocycles. The van der Waals surface area contributed by atoms with Gasteiger partial charge in [0.2, 0.25) is 0 Å². The molecule has 0 N–H and O–H groups in total. The van der Waals surface area contributed by atoms with Crippen LogP contribution >= 0.6 is 23.2 Å². The van der Waals surface area contributed by atoms with Gasteiger partial charge in [0.25, 0.3) is 0 Å². The molecule has 0 radical (unpaired) electrons. The molecule has 2 aromatic rings. The molecule has 0 unspecified atom stereocenters. The Hall–Kier alpha value is -1.72. The Morgan fingerprint density at radius 3 is 2.62 bits per heavy atom. The van der Waals surface area contributed by atoms with Crippen LogP contribution in [0.4, 0.5) is 0 Å². The first-order valence-corrected chi connectivity index (χ1v) is 7.05. The molecular weight excluding hydrogens is 315 g/mol. The zero-order chi connectivity index (χ0) is 15.4. The minimum Gasteiger partial charge on any atom is -0.484 e. The van der Waals surface area contributed by atoms with Crippen LogP contribution in [0.5, 0.6) is 5.75 Å². The highest BCUT2D eigenvalue weighted by Crippen LogP contribution is 2.33. The fourth-order valence-corrected chi connectivity index (χ4v) is 2.28. The molecule has 21 heavy (non-hydrogen) atoms. The SMILES string of the molecule is CCOC(=O)c1cnn(C)c1COc1c(Cl)cccc1Cl. The van der Waals surface area contributed by atoms with E-state index in [1.54, 1.807) is 36.9 Å². The molecule has 0 saturated carbocycles. The number of ether oxygens (including phenoxy) is 2. The zero-order valence-corrected chi connectivity index (χ0v) is 13.1. The monoisotopic (exact) mass is 328 g/mol. The molecule has 0 amide bonds. The lowest BCUT2D eigenvalue weighted by molar-refractivity contribution is 0.0523. The van der Waals surface area contributed by atoms with Crippen LogP contribution in [0.1, 0.15) is 23.0 Å². The summed E-state index contributed by atoms with van der Waals surface area (Å²) < 4.78 is 12.2. The summed E-state index contributed by atoms with van der Waals surface area (Å²) in [6, 6.07) is 5.09. The molecule has 0 fully saturated rings. The number of hydrogen-bond donors (Lipinski definition) is 0. The summed E-state index contributed by atoms with van der Waals surface area (Å²) in [6.45, 7) is 2.15. The maximum Gasteiger partial charge on any atom is 0.341 e. The van der Waals surface area contributed by atoms with E-state index >= 15 is 0 Å². The zero-order valence-electron chi connectivity index (χ0n) is 11.6. The molecule has 0 aliphatic rings. The third kappa shape index (κ3) is 3.49. The summed E-state index contributed by atoms with van der Waals surface area (Å²) in [5, 5.41) is 4.86. The number of esters is 1. The third-order valence-corrected chi connectivity index (χ3v) is 3.42. The second-order valence-corrected chi connectivity index (χ2v) is 5.00. The van der Waals surface area contributed by atoms with Crippen LogP contribution in [0.2, 0.25) is 10.0 Å². The first-order valence-electron chi connectivity index (χ1n) is 6.29. The van der Waals surface area contributed by atoms with E-state index in [2.05, 4.69) is 5.10 Å². The van der Waals surface area contributed by atoms with Gasteiger partial charge in [-0.15, -0.1) is 0 Å². The van der Waals surface area contributed by atoms with E-state index in [0.29, 0.717) is 33.7 Å². The van der Waals surface area contributed by atoms with Gasteiger partial charge in [-0.2, -0.15) is 5.10 Å². The number of hydrogen-bond acceptors (Lipinski definition) is 4. The average molecular weight is 329 g/mol. The second-order valence-electron chi connectivity index (χ2n) is 4.19. The summed E-state index contributed by atoms with van der Waals surface area (Å²) in [6.07, 6.45) is 1.45. The first-order chi connectivity index (χ1) is 10.0. The molecule has 112 valence electrons. The third-order valence-electron chi connectivity index (χ3n) is 2.83. The van der Waals surface area contributed by atoms with Gasteiger partial charge in [0.15, 0.2) is 5.75 Å². The number of para-hydroxylation sites is 1. The topological polar surface area (TPSA) is 53.3 Å². The van der Waals surface area contributed by atoms with Crippen LogP contribution in [0.15, 0.2) is 24.4 Å². The van der Waals surface area contributed by atoms with Crippen LogP contribution in [0.25, 0.3) is 0 Å². The molecule has 0 atom stereocenters. The summed E-state index contributed by atoms with van der Waals surface area (Å²) in [5.74, 6) is -0.0636. The van der Waals surface area contributed by atoms with Crippen molar-refractivity contribution in [2.45, 2.75) is 13.5 Å². The van der Waals surface area contributed by atoms with Crippen molar-refractivity contribution in [3.8, 4) is 5.75 Å². The molecule has 1 heterocycles. The predicted octanol–water partition coefficient (Wildman–Crippen LogP) is 3.48. The average Bonchev–Trinajstić information content (AvgIpc) is 2.80. The molecule has 0 bridgehead atoms. The standard InChI is InChI=1S/C14H14Cl2N2O3/c1-3-20-14(19)9-7-17-18(2)12(9)8-21-13-10(15)5-4-6-11(13)16/h4-7H,3,8H2,1-2H3. The minimum atomic E-state index is -0.436. The number of aromatic nitrogens is 2. The Kier molecular flexibility index (Phi) is 5.09. The second kappa shape index (κ2) is 6.83. The molecule has 7 heteroatoms. The molecule has 1 aromatic heterocycles. The highest BCUT2D eigenvalue weighted by atomic mass is 35.5. The van der Waals surface area contributed by atoms with Gasteiger partial charge in [0.05, 0.1) is 28.5 Å². The Bertz CT molecular complexity index is 635. The van der Waals surface area contributed by atoms with Gasteiger partial charge in [-0.1, -0.05) is 29.3 Å². The van der Waals surface area contributed by atoms with Crippen molar-refractivity contribution in [1.29, 1.82) is 0 Å². The van der Waals surface area contributed by atoms with Crippen molar-refractivity contribution in [2.24, 2.45) is 7.05 Å². The van der Waals surface area contributed by atoms with E-state index < -0.39 is 5.97 Å². The quantitative estimate of drug-likeness (QED) is 0.788. The van der Waals surface area contributed by atoms with Crippen LogP contribution in [-0.4, -0.2) is 22.4 Å². The predicted molar refractivity (Wildman–Crippen MR) is 80.0 cm³/mol. The van der Waals surface area contributed by atoms with Crippen molar-refractivity contribution in [3.05, 3.63) is 45.7 Å². The van der Waals surface area contributed by atoms with Gasteiger partial charge >= 0.3 is 5.97 Å². The lowest BCUT2D eigenvalue weighted by Crippen LogP contribution is -2.11. The van der Waals surface area contributed by atoms with E-state index in [-0.39, 0.29) is 6.61 Å². The van der Waals surface area contributed by atoms with Gasteiger partial charge in [-0.05, 0) is 19.1 Å². The molecule has 5 nitrogen and oxygen atoms in total. The highest BCUT2D eigenvalue weighted by Gasteiger charge is 2.18. The fourth-order valence-electron chi connectivity index (χ4n) is 1.77. The molecule has 0 saturated heterocycles. The Labute approximate surface area is 132 Å². The van der Waals surface area contributed by atoms with Gasteiger partial charge < -0.3 is 9.47 Å². The molecular formula is C14H14Cl2N2O3. The van der Waals surface area contributed by atoms with Crippen LogP contribution in [-0.2, 0) is 18.4 Å². The van der Waals surface area contributed by atoms with Crippen LogP contribution in [0, 0.1) is 0 Å². The number of carbonyl (C=O) groups excluding carboxylic acids is 1. The van der Waals surface area contributed by atoms with Crippen molar-refractivity contribution in [3.63, 3.8) is 0 Å². The van der Waals surface area contributed by atoms with Gasteiger partial charge in [-0.3, -0.25) is 4.68 Å². The maximum atomic E-state index is 11.8. The van der Waals surface area contributed by atoms with Crippen LogP contribution < -0.4 is 4.74 Å². The highest BCUT2D eigenvalue weighted by molar-refractivity contribution is 6.37. The number of halogens is 2. The van der Waals surface area contributed by atoms with Gasteiger partial charge in [-0.25, -0.2) is 4.79 Å². The summed E-state index contributed by atoms with van der Waals surface area (Å²) in [5.41, 5.74) is 0.951. The lowest BCUT2D eigenvalue weighted by atomic mass is 10.2. The summed E-state index contributed by atoms with van der Waals surface area (Å²) in [7, 11) is 1.72. The normalized spacial score (nSPS) is 10.5. The van der Waals surface area contributed by atoms with Crippen molar-refractivity contribution < 1.29 is 14.3 Å². The van der Waals surface area contributed by atoms with Crippen molar-refractivity contribution in [1.82, 2.24) is 9.78 Å². The smallest absolute Gasteiger partial charge is 0.341 e. The van der Waals surface area contributed by atoms with E-state index in [0.717, 1.165) is 0 Å². The Morgan fingerprint density at radius 2 is 2.00 bits per heavy atom. The van der Waals surface area contributed by atoms with E-state index in [1.807, 2.05) is 0 Å². The summed E-state index contributed by atoms with van der Waals surface area (Å²) >= 11 is 12.1. The van der Waals surface area contributed by atoms with Crippen LogP contribution in [0.3, 0.4) is 0 Å². The molecule has 1 aromatic carbocycles. The Morgan fingerprint density at radius 1 is 1.33 bits per heavy atom. The van der Waals surface area contributed by atoms with E-state index in [1.165, 1.54) is 6.20 Å². The fraction of sp³-hybridized carbons (Fsp3) is 0.286. The van der Waals surface area contributed by atoms with Crippen molar-refractivity contribution in [2.75, 3.05) is 6.61 Å². The number of aryl methyl sites for hydroxylation is 1. The molecule has 0 aliphatic carbocycles. The van der Waals surface area contributed by atoms with E-state index in [9.17, 15) is 4.79 Å². The van der Waals surface area contributed by atoms with Gasteiger partial charge in [0, 0.05) is 7.05 Å². The number of benzene rings is 1. The number of carbonyl (C=O) groups is 1. The minimum absolute atomic E-state index is 0.105. The first kappa shape index (κ1) is 15.7. The maximum absolute atomic E-state index is 11.8. The van der Waals surface area contributed by atoms with Crippen molar-refractivity contribution >= 4 is 29.2 Å². The number of rotatable bonds is 5. The summed E-state index contributed by atoms with van der Waals surface area (Å²) in [4.78, 5) is 11.8. The lowest BCUT2D eigenvalue weighted by Gasteiger charge is -2.11. The largest absolute Gasteiger partial charge is 0.484 e. The Balaban J connectivity index is 2.21. The van der Waals surface area contributed by atoms with Gasteiger partial charge in [0.1, 0.15) is 12.2 Å². The molecule has 0 spiro atoms. The van der Waals surface area contributed by atoms with E-state index in [4.69, 9.17) is 32.7 Å². The number of nitrogens with zero attached hydrogens (tertiary/aromatic N) is 2.